The number of aromatic amines is 3. The van der Waals surface area contributed by atoms with Gasteiger partial charge in [-0.2, -0.15) is 4.98 Å². The average molecular weight is 1160 g/mol. The quantitative estimate of drug-likeness (QED) is 0.0205. The minimum atomic E-state index is -4.10. The van der Waals surface area contributed by atoms with E-state index >= 15 is 0 Å². The summed E-state index contributed by atoms with van der Waals surface area (Å²) in [5.74, 6) is 0.0972. The second-order valence-corrected chi connectivity index (χ2v) is 22.2. The van der Waals surface area contributed by atoms with E-state index in [1.54, 1.807) is 4.90 Å². The van der Waals surface area contributed by atoms with Crippen LogP contribution in [0.4, 0.5) is 34.4 Å². The lowest BCUT2D eigenvalue weighted by Crippen LogP contribution is -2.45. The van der Waals surface area contributed by atoms with Gasteiger partial charge in [0, 0.05) is 37.5 Å². The molecule has 82 heavy (non-hydrogen) atoms. The topological polar surface area (TPSA) is 348 Å². The van der Waals surface area contributed by atoms with E-state index in [9.17, 15) is 33.3 Å². The van der Waals surface area contributed by atoms with Crippen LogP contribution < -0.4 is 59.2 Å². The molecule has 432 valence electrons. The Morgan fingerprint density at radius 1 is 0.671 bits per heavy atom. The molecule has 0 bridgehead atoms. The molecule has 0 atom stereocenters. The molecule has 0 radical (unpaired) electrons. The van der Waals surface area contributed by atoms with Crippen LogP contribution in [0.1, 0.15) is 92.9 Å². The molecule has 0 unspecified atom stereocenters. The van der Waals surface area contributed by atoms with E-state index in [-0.39, 0.29) is 82.5 Å². The van der Waals surface area contributed by atoms with Crippen LogP contribution >= 0.6 is 19.2 Å². The molecule has 9 rings (SSSR count). The zero-order chi connectivity index (χ0) is 59.6. The van der Waals surface area contributed by atoms with Crippen molar-refractivity contribution in [1.82, 2.24) is 44.8 Å². The third kappa shape index (κ3) is 15.7. The summed E-state index contributed by atoms with van der Waals surface area (Å²) in [5, 5.41) is 21.5. The molecule has 4 aliphatic rings. The lowest BCUT2D eigenvalue weighted by molar-refractivity contribution is -0.137. The number of aromatic nitrogens is 8. The SMILES string of the molecule is C=C(O)CCCCCCn1c2nc(=O)[nH]c(=O)c-2nc2cc(C)ccc21.C=c1nc2c(c(=O)[nH]1)=Nc1cc(C)c(C)cc1N2CC(=O)NCCCP(=O)(O)O.C=c1nc2c(c(=O)[nH]1)=Nc1cc(C)c(Cl)cc1N2CCCCCCC(=O)O. The zero-order valence-electron chi connectivity index (χ0n) is 46.0. The lowest BCUT2D eigenvalue weighted by Gasteiger charge is -2.28. The Morgan fingerprint density at radius 3 is 1.87 bits per heavy atom. The number of aliphatic hydroxyl groups excluding tert-OH is 1. The van der Waals surface area contributed by atoms with Crippen molar-refractivity contribution in [2.75, 3.05) is 35.6 Å². The Morgan fingerprint density at radius 2 is 1.24 bits per heavy atom. The van der Waals surface area contributed by atoms with Crippen molar-refractivity contribution in [2.24, 2.45) is 9.98 Å². The first-order valence-corrected chi connectivity index (χ1v) is 28.7. The normalized spacial score (nSPS) is 12.1. The third-order valence-corrected chi connectivity index (χ3v) is 14.7. The molecule has 0 fully saturated rings. The van der Waals surface area contributed by atoms with Gasteiger partial charge in [0.1, 0.15) is 17.5 Å². The average Bonchev–Trinajstić information content (AvgIpc) is 3.60. The number of aryl methyl sites for hydroxylation is 5. The van der Waals surface area contributed by atoms with Crippen molar-refractivity contribution in [3.05, 3.63) is 145 Å². The molecule has 0 saturated carbocycles. The maximum atomic E-state index is 12.5. The van der Waals surface area contributed by atoms with Crippen LogP contribution in [-0.4, -0.2) is 97.1 Å². The number of aliphatic hydroxyl groups is 1. The number of allylic oxidation sites excluding steroid dienone is 1. The van der Waals surface area contributed by atoms with E-state index in [1.807, 2.05) is 79.6 Å². The number of nitrogens with one attached hydrogen (secondary N) is 4. The molecule has 6 heterocycles. The van der Waals surface area contributed by atoms with Gasteiger partial charge >= 0.3 is 19.3 Å². The minimum absolute atomic E-state index is 0.0995. The molecule has 2 aromatic heterocycles. The Hall–Kier alpha value is -8.44. The number of rotatable bonds is 20. The van der Waals surface area contributed by atoms with Crippen molar-refractivity contribution in [3.63, 3.8) is 0 Å². The van der Waals surface area contributed by atoms with Crippen LogP contribution in [0, 0.1) is 27.7 Å². The highest BCUT2D eigenvalue weighted by molar-refractivity contribution is 7.51. The number of H-pyrrole nitrogens is 3. The first-order chi connectivity index (χ1) is 38.9. The number of hydrogen-bond donors (Lipinski definition) is 8. The molecular formula is C56H65ClN13O11P. The fraction of sp³-hybridized carbons (Fsp3) is 0.357. The summed E-state index contributed by atoms with van der Waals surface area (Å²) in [4.78, 5) is 126. The molecule has 24 nitrogen and oxygen atoms in total. The van der Waals surface area contributed by atoms with Crippen LogP contribution in [0.3, 0.4) is 0 Å². The summed E-state index contributed by atoms with van der Waals surface area (Å²) in [6, 6.07) is 13.3. The summed E-state index contributed by atoms with van der Waals surface area (Å²) < 4.78 is 12.8. The smallest absolute Gasteiger partial charge is 0.349 e. The predicted molar refractivity (Wildman–Crippen MR) is 314 cm³/mol. The summed E-state index contributed by atoms with van der Waals surface area (Å²) in [6.07, 6.45) is 7.54. The van der Waals surface area contributed by atoms with E-state index < -0.39 is 30.4 Å². The zero-order valence-corrected chi connectivity index (χ0v) is 47.6. The number of unbranched alkanes of at least 4 members (excludes halogenated alkanes) is 6. The van der Waals surface area contributed by atoms with Crippen LogP contribution in [-0.2, 0) is 20.7 Å². The minimum Gasteiger partial charge on any atom is -0.513 e. The largest absolute Gasteiger partial charge is 0.513 e. The first kappa shape index (κ1) is 61.2. The number of carbonyl (C=O) groups is 2. The number of carboxylic acids is 1. The van der Waals surface area contributed by atoms with Crippen LogP contribution in [0.5, 0.6) is 0 Å². The van der Waals surface area contributed by atoms with Gasteiger partial charge in [-0.05, 0) is 118 Å². The van der Waals surface area contributed by atoms with Gasteiger partial charge in [0.2, 0.25) is 5.91 Å². The maximum Gasteiger partial charge on any atom is 0.349 e. The Bertz CT molecular complexity index is 4100. The van der Waals surface area contributed by atoms with Crippen molar-refractivity contribution in [2.45, 2.75) is 105 Å². The third-order valence-electron chi connectivity index (χ3n) is 13.4. The molecule has 8 N–H and O–H groups in total. The van der Waals surface area contributed by atoms with Gasteiger partial charge < -0.3 is 49.7 Å². The molecule has 0 saturated heterocycles. The van der Waals surface area contributed by atoms with Crippen LogP contribution in [0.15, 0.2) is 84.0 Å². The molecule has 0 spiro atoms. The second-order valence-electron chi connectivity index (χ2n) is 20.0. The van der Waals surface area contributed by atoms with E-state index in [0.29, 0.717) is 65.2 Å². The van der Waals surface area contributed by atoms with Gasteiger partial charge in [0.25, 0.3) is 16.7 Å². The fourth-order valence-corrected chi connectivity index (χ4v) is 9.92. The van der Waals surface area contributed by atoms with Crippen molar-refractivity contribution >= 4 is 89.6 Å². The Kier molecular flexibility index (Phi) is 20.1. The fourth-order valence-electron chi connectivity index (χ4n) is 9.19. The summed E-state index contributed by atoms with van der Waals surface area (Å²) in [6.45, 7) is 19.8. The number of carboxylic acid groups (broad SMARTS) is 1. The van der Waals surface area contributed by atoms with E-state index in [0.717, 1.165) is 78.4 Å². The highest BCUT2D eigenvalue weighted by atomic mass is 35.5. The molecule has 3 aromatic carbocycles. The van der Waals surface area contributed by atoms with Gasteiger partial charge in [-0.1, -0.05) is 63.1 Å². The summed E-state index contributed by atoms with van der Waals surface area (Å²) >= 11 is 6.31. The van der Waals surface area contributed by atoms with Crippen LogP contribution in [0.2, 0.25) is 5.02 Å². The summed E-state index contributed by atoms with van der Waals surface area (Å²) in [5.41, 5.74) is 6.83. The number of benzene rings is 3. The van der Waals surface area contributed by atoms with Crippen molar-refractivity contribution in [3.8, 4) is 11.5 Å². The number of aliphatic carboxylic acids is 1. The van der Waals surface area contributed by atoms with Gasteiger partial charge in [-0.25, -0.2) is 29.7 Å². The number of anilines is 4. The van der Waals surface area contributed by atoms with E-state index in [2.05, 4.69) is 69.9 Å². The van der Waals surface area contributed by atoms with Gasteiger partial charge in [-0.3, -0.25) is 33.5 Å². The van der Waals surface area contributed by atoms with E-state index in [4.69, 9.17) is 31.6 Å². The standard InChI is InChI=1S/C19H21ClN4O3.C19H22N4O3.C18H22N5O5P/c1-11-9-14-15(10-13(11)20)24(8-6-4-3-5-7-16(25)26)18-17(23-14)19(27)22-12(2)21-18;1-12-8-9-15-14(11-12)20-16-17(21-19(26)22-18(16)25)23(15)10-6-4-3-5-7-13(2)24;1-10-7-13-14(8-11(10)2)23(9-15(24)19-5-4-6-29(26,27)28)17-16(22-13)18(25)21-12(3)20-17/h9-10H,2-8H2,1H3,(H,22,27)(H,25,26);8-9,11,24H,2-7,10H2,1H3,(H,22,25,26);7-8H,3-6,9H2,1-2H3,(H,19,24)(H,21,25)(H2,26,27,28). The molecule has 1 amide bonds. The first-order valence-electron chi connectivity index (χ1n) is 26.5. The Labute approximate surface area is 474 Å². The number of carbonyl (C=O) groups excluding carboxylic acids is 1. The highest BCUT2D eigenvalue weighted by Crippen LogP contribution is 2.39. The molecule has 4 aliphatic heterocycles. The van der Waals surface area contributed by atoms with Gasteiger partial charge in [0.05, 0.1) is 45.7 Å². The molecule has 5 aromatic rings. The van der Waals surface area contributed by atoms with Crippen LogP contribution in [0.25, 0.3) is 35.7 Å². The van der Waals surface area contributed by atoms with Gasteiger partial charge in [-0.15, -0.1) is 0 Å². The predicted octanol–water partition coefficient (Wildman–Crippen LogP) is 5.38. The lowest BCUT2D eigenvalue weighted by atomic mass is 10.1. The Balaban J connectivity index is 0.000000177. The number of hydrogen-bond acceptors (Lipinski definition) is 16. The monoisotopic (exact) mass is 1160 g/mol. The van der Waals surface area contributed by atoms with Gasteiger partial charge in [0.15, 0.2) is 33.9 Å². The number of halogens is 1. The molecule has 26 heteroatoms. The number of nitrogens with zero attached hydrogens (tertiary/aromatic N) is 9. The maximum absolute atomic E-state index is 12.5. The van der Waals surface area contributed by atoms with E-state index in [1.165, 1.54) is 0 Å². The molecular weight excluding hydrogens is 1100 g/mol. The summed E-state index contributed by atoms with van der Waals surface area (Å²) in [7, 11) is -4.10. The molecule has 0 aliphatic carbocycles. The number of amides is 1. The second kappa shape index (κ2) is 26.9. The van der Waals surface area contributed by atoms with Crippen molar-refractivity contribution < 1.29 is 34.2 Å². The number of fused-ring (bicyclic) bond motifs is 6. The van der Waals surface area contributed by atoms with Crippen molar-refractivity contribution in [1.29, 1.82) is 0 Å². The highest BCUT2D eigenvalue weighted by Gasteiger charge is 2.27.